The summed E-state index contributed by atoms with van der Waals surface area (Å²) >= 11 is 8.20. The zero-order valence-corrected chi connectivity index (χ0v) is 15.7. The van der Waals surface area contributed by atoms with Crippen molar-refractivity contribution in [1.82, 2.24) is 5.48 Å². The van der Waals surface area contributed by atoms with Gasteiger partial charge in [-0.25, -0.2) is 14.3 Å². The van der Waals surface area contributed by atoms with Crippen LogP contribution in [0.4, 0.5) is 20.2 Å². The van der Waals surface area contributed by atoms with Crippen LogP contribution in [0.2, 0.25) is 5.02 Å². The van der Waals surface area contributed by atoms with E-state index >= 15 is 0 Å². The zero-order chi connectivity index (χ0) is 18.4. The average molecular weight is 483 g/mol. The van der Waals surface area contributed by atoms with Gasteiger partial charge in [0.2, 0.25) is 0 Å². The molecule has 0 atom stereocenters. The van der Waals surface area contributed by atoms with Gasteiger partial charge >= 0.3 is 0 Å². The lowest BCUT2D eigenvalue weighted by Crippen LogP contribution is -2.25. The summed E-state index contributed by atoms with van der Waals surface area (Å²) in [5, 5.41) is 11.8. The first-order chi connectivity index (χ1) is 11.9. The molecule has 0 aliphatic rings. The molecule has 134 valence electrons. The van der Waals surface area contributed by atoms with E-state index in [1.165, 1.54) is 0 Å². The molecule has 2 aromatic carbocycles. The smallest absolute Gasteiger partial charge is 0.277 e. The minimum Gasteiger partial charge on any atom is -0.396 e. The van der Waals surface area contributed by atoms with E-state index in [-0.39, 0.29) is 24.5 Å². The molecule has 0 unspecified atom stereocenters. The van der Waals surface area contributed by atoms with Crippen molar-refractivity contribution in [3.63, 3.8) is 0 Å². The normalized spacial score (nSPS) is 10.6. The Balaban J connectivity index is 2.26. The minimum atomic E-state index is -1.17. The first-order valence-electron chi connectivity index (χ1n) is 7.16. The molecule has 5 nitrogen and oxygen atoms in total. The van der Waals surface area contributed by atoms with Crippen molar-refractivity contribution < 1.29 is 23.5 Å². The van der Waals surface area contributed by atoms with Gasteiger partial charge in [0.25, 0.3) is 5.91 Å². The molecule has 2 aromatic rings. The molecule has 1 amide bonds. The predicted octanol–water partition coefficient (Wildman–Crippen LogP) is 4.01. The van der Waals surface area contributed by atoms with Crippen molar-refractivity contribution in [3.05, 3.63) is 56.1 Å². The molecule has 9 heteroatoms. The van der Waals surface area contributed by atoms with Crippen LogP contribution in [0.1, 0.15) is 16.8 Å². The number of anilines is 2. The van der Waals surface area contributed by atoms with Crippen molar-refractivity contribution >= 4 is 51.5 Å². The number of carbonyl (C=O) groups excluding carboxylic acids is 1. The van der Waals surface area contributed by atoms with Gasteiger partial charge in [-0.3, -0.25) is 9.63 Å². The molecule has 0 aliphatic heterocycles. The van der Waals surface area contributed by atoms with Gasteiger partial charge in [-0.2, -0.15) is 0 Å². The quantitative estimate of drug-likeness (QED) is 0.317. The lowest BCUT2D eigenvalue weighted by molar-refractivity contribution is 0.0262. The van der Waals surface area contributed by atoms with Crippen molar-refractivity contribution in [2.75, 3.05) is 18.5 Å². The van der Waals surface area contributed by atoms with E-state index in [1.54, 1.807) is 18.2 Å². The van der Waals surface area contributed by atoms with E-state index < -0.39 is 17.5 Å². The van der Waals surface area contributed by atoms with Gasteiger partial charge in [0.15, 0.2) is 11.6 Å². The third-order valence-corrected chi connectivity index (χ3v) is 4.06. The number of nitrogens with one attached hydrogen (secondary N) is 2. The minimum absolute atomic E-state index is 0.0327. The molecular formula is C16H14ClF2IN2O3. The Morgan fingerprint density at radius 1 is 1.20 bits per heavy atom. The lowest BCUT2D eigenvalue weighted by atomic mass is 10.1. The molecule has 0 aromatic heterocycles. The maximum Gasteiger partial charge on any atom is 0.277 e. The highest BCUT2D eigenvalue weighted by Gasteiger charge is 2.17. The maximum atomic E-state index is 13.6. The lowest BCUT2D eigenvalue weighted by Gasteiger charge is -2.14. The predicted molar refractivity (Wildman–Crippen MR) is 98.9 cm³/mol. The maximum absolute atomic E-state index is 13.6. The Morgan fingerprint density at radius 2 is 1.92 bits per heavy atom. The van der Waals surface area contributed by atoms with E-state index in [2.05, 4.69) is 33.4 Å². The number of hydrogen-bond acceptors (Lipinski definition) is 4. The Kier molecular flexibility index (Phi) is 7.36. The molecule has 0 spiro atoms. The highest BCUT2D eigenvalue weighted by atomic mass is 127. The molecular weight excluding hydrogens is 469 g/mol. The summed E-state index contributed by atoms with van der Waals surface area (Å²) in [5.41, 5.74) is 2.43. The van der Waals surface area contributed by atoms with Crippen LogP contribution in [0.25, 0.3) is 0 Å². The molecule has 0 aliphatic carbocycles. The van der Waals surface area contributed by atoms with E-state index in [1.807, 2.05) is 0 Å². The van der Waals surface area contributed by atoms with Crippen molar-refractivity contribution in [3.8, 4) is 0 Å². The number of halogens is 4. The molecule has 3 N–H and O–H groups in total. The fraction of sp³-hybridized carbons (Fsp3) is 0.188. The second-order valence-corrected chi connectivity index (χ2v) is 6.57. The third kappa shape index (κ3) is 5.50. The molecule has 2 rings (SSSR count). The monoisotopic (exact) mass is 482 g/mol. The number of rotatable bonds is 7. The fourth-order valence-electron chi connectivity index (χ4n) is 1.88. The molecule has 0 saturated heterocycles. The van der Waals surface area contributed by atoms with Gasteiger partial charge in [0.1, 0.15) is 0 Å². The number of aliphatic hydroxyl groups is 1. The summed E-state index contributed by atoms with van der Waals surface area (Å²) in [6.07, 6.45) is 0.321. The first kappa shape index (κ1) is 19.8. The summed E-state index contributed by atoms with van der Waals surface area (Å²) in [5.74, 6) is -3.04. The summed E-state index contributed by atoms with van der Waals surface area (Å²) in [7, 11) is 0. The largest absolute Gasteiger partial charge is 0.396 e. The first-order valence-corrected chi connectivity index (χ1v) is 8.62. The third-order valence-electron chi connectivity index (χ3n) is 3.07. The highest BCUT2D eigenvalue weighted by molar-refractivity contribution is 14.1. The van der Waals surface area contributed by atoms with Crippen LogP contribution >= 0.6 is 34.2 Å². The highest BCUT2D eigenvalue weighted by Crippen LogP contribution is 2.30. The van der Waals surface area contributed by atoms with E-state index in [0.29, 0.717) is 17.1 Å². The molecule has 0 heterocycles. The van der Waals surface area contributed by atoms with Gasteiger partial charge in [-0.05, 0) is 53.3 Å². The molecule has 25 heavy (non-hydrogen) atoms. The SMILES string of the molecule is O=C(NOCCCO)c1cc(F)c(F)cc1Nc1ccc(I)cc1Cl. The van der Waals surface area contributed by atoms with E-state index in [9.17, 15) is 13.6 Å². The Labute approximate surface area is 161 Å². The van der Waals surface area contributed by atoms with Crippen LogP contribution in [0.15, 0.2) is 30.3 Å². The number of aliphatic hydroxyl groups excluding tert-OH is 1. The summed E-state index contributed by atoms with van der Waals surface area (Å²) in [6.45, 7) is -0.0171. The summed E-state index contributed by atoms with van der Waals surface area (Å²) in [6, 6.07) is 6.74. The summed E-state index contributed by atoms with van der Waals surface area (Å²) in [4.78, 5) is 17.0. The van der Waals surface area contributed by atoms with Gasteiger partial charge in [-0.15, -0.1) is 0 Å². The fourth-order valence-corrected chi connectivity index (χ4v) is 2.79. The topological polar surface area (TPSA) is 70.6 Å². The van der Waals surface area contributed by atoms with Gasteiger partial charge in [0, 0.05) is 16.2 Å². The molecule has 0 saturated carbocycles. The molecule has 0 bridgehead atoms. The number of benzene rings is 2. The van der Waals surface area contributed by atoms with Gasteiger partial charge < -0.3 is 10.4 Å². The zero-order valence-electron chi connectivity index (χ0n) is 12.8. The summed E-state index contributed by atoms with van der Waals surface area (Å²) < 4.78 is 28.0. The average Bonchev–Trinajstić information content (AvgIpc) is 2.57. The standard InChI is InChI=1S/C16H14ClF2IN2O3/c17-11-6-9(20)2-3-14(11)21-15-8-13(19)12(18)7-10(15)16(24)22-25-5-1-4-23/h2-3,6-8,21,23H,1,4-5H2,(H,22,24). The van der Waals surface area contributed by atoms with Crippen LogP contribution in [-0.4, -0.2) is 24.2 Å². The van der Waals surface area contributed by atoms with Gasteiger partial charge in [-0.1, -0.05) is 11.6 Å². The van der Waals surface area contributed by atoms with Crippen LogP contribution in [0, 0.1) is 15.2 Å². The second-order valence-electron chi connectivity index (χ2n) is 4.92. The molecule has 0 radical (unpaired) electrons. The Morgan fingerprint density at radius 3 is 2.60 bits per heavy atom. The molecule has 0 fully saturated rings. The van der Waals surface area contributed by atoms with E-state index in [0.717, 1.165) is 15.7 Å². The number of amides is 1. The van der Waals surface area contributed by atoms with Crippen LogP contribution in [0.5, 0.6) is 0 Å². The van der Waals surface area contributed by atoms with Crippen LogP contribution < -0.4 is 10.8 Å². The van der Waals surface area contributed by atoms with Crippen molar-refractivity contribution in [2.45, 2.75) is 6.42 Å². The Bertz CT molecular complexity index is 777. The van der Waals surface area contributed by atoms with Crippen LogP contribution in [0.3, 0.4) is 0 Å². The van der Waals surface area contributed by atoms with Crippen molar-refractivity contribution in [2.24, 2.45) is 0 Å². The Hall–Kier alpha value is -1.49. The van der Waals surface area contributed by atoms with Gasteiger partial charge in [0.05, 0.1) is 28.6 Å². The second kappa shape index (κ2) is 9.27. The number of hydrogen-bond donors (Lipinski definition) is 3. The van der Waals surface area contributed by atoms with Crippen molar-refractivity contribution in [1.29, 1.82) is 0 Å². The van der Waals surface area contributed by atoms with Crippen LogP contribution in [-0.2, 0) is 4.84 Å². The van der Waals surface area contributed by atoms with E-state index in [4.69, 9.17) is 21.5 Å². The number of hydroxylamine groups is 1. The number of carbonyl (C=O) groups is 1.